The molecule has 1 unspecified atom stereocenters. The van der Waals surface area contributed by atoms with Crippen LogP contribution in [0.2, 0.25) is 0 Å². The zero-order valence-corrected chi connectivity index (χ0v) is 13.2. The molecule has 118 valence electrons. The molecule has 0 aromatic heterocycles. The maximum atomic E-state index is 12.5. The Morgan fingerprint density at radius 1 is 1.48 bits per heavy atom. The molecule has 21 heavy (non-hydrogen) atoms. The lowest BCUT2D eigenvalue weighted by Crippen LogP contribution is -2.45. The van der Waals surface area contributed by atoms with E-state index in [2.05, 4.69) is 4.72 Å². The topological polar surface area (TPSA) is 90.7 Å². The van der Waals surface area contributed by atoms with Crippen LogP contribution in [-0.4, -0.2) is 40.9 Å². The Morgan fingerprint density at radius 3 is 2.81 bits per heavy atom. The van der Waals surface area contributed by atoms with Crippen LogP contribution >= 0.6 is 0 Å². The Labute approximate surface area is 125 Å². The first-order valence-corrected chi connectivity index (χ1v) is 8.33. The molecule has 2 rings (SSSR count). The zero-order chi connectivity index (χ0) is 15.5. The van der Waals surface area contributed by atoms with Gasteiger partial charge in [-0.2, -0.15) is 0 Å². The smallest absolute Gasteiger partial charge is 0.240 e. The van der Waals surface area contributed by atoms with Crippen molar-refractivity contribution in [2.45, 2.75) is 30.4 Å². The van der Waals surface area contributed by atoms with Crippen LogP contribution in [0.5, 0.6) is 0 Å². The summed E-state index contributed by atoms with van der Waals surface area (Å²) in [5.41, 5.74) is 6.47. The van der Waals surface area contributed by atoms with Crippen LogP contribution in [0.15, 0.2) is 23.1 Å². The van der Waals surface area contributed by atoms with Gasteiger partial charge in [-0.05, 0) is 24.1 Å². The van der Waals surface area contributed by atoms with Gasteiger partial charge in [-0.1, -0.05) is 12.1 Å². The fourth-order valence-corrected chi connectivity index (χ4v) is 3.73. The van der Waals surface area contributed by atoms with Crippen molar-refractivity contribution >= 4 is 10.0 Å². The molecule has 6 nitrogen and oxygen atoms in total. The van der Waals surface area contributed by atoms with Crippen molar-refractivity contribution in [3.8, 4) is 0 Å². The lowest BCUT2D eigenvalue weighted by Gasteiger charge is -2.26. The molecular formula is C14H22N2O4S. The molecule has 1 heterocycles. The second-order valence-electron chi connectivity index (χ2n) is 5.32. The van der Waals surface area contributed by atoms with Crippen LogP contribution in [0.25, 0.3) is 0 Å². The Bertz CT molecular complexity index is 595. The summed E-state index contributed by atoms with van der Waals surface area (Å²) >= 11 is 0. The number of hydrogen-bond donors (Lipinski definition) is 2. The number of benzene rings is 1. The van der Waals surface area contributed by atoms with E-state index in [1.165, 1.54) is 0 Å². The van der Waals surface area contributed by atoms with Gasteiger partial charge in [-0.15, -0.1) is 0 Å². The highest BCUT2D eigenvalue weighted by atomic mass is 32.2. The van der Waals surface area contributed by atoms with Gasteiger partial charge in [-0.25, -0.2) is 13.1 Å². The van der Waals surface area contributed by atoms with Crippen molar-refractivity contribution in [2.24, 2.45) is 5.73 Å². The molecule has 1 aromatic rings. The molecule has 3 N–H and O–H groups in total. The van der Waals surface area contributed by atoms with Crippen LogP contribution in [0, 0.1) is 6.92 Å². The molecule has 1 aliphatic heterocycles. The normalized spacial score (nSPS) is 22.6. The molecule has 1 fully saturated rings. The average Bonchev–Trinajstić information content (AvgIpc) is 2.95. The first-order valence-electron chi connectivity index (χ1n) is 6.85. The van der Waals surface area contributed by atoms with E-state index >= 15 is 0 Å². The van der Waals surface area contributed by atoms with E-state index in [9.17, 15) is 8.42 Å². The number of aryl methyl sites for hydroxylation is 1. The van der Waals surface area contributed by atoms with E-state index in [-0.39, 0.29) is 11.4 Å². The summed E-state index contributed by atoms with van der Waals surface area (Å²) in [4.78, 5) is 0.260. The van der Waals surface area contributed by atoms with Crippen LogP contribution in [0.4, 0.5) is 0 Å². The van der Waals surface area contributed by atoms with E-state index in [4.69, 9.17) is 15.2 Å². The third-order valence-corrected chi connectivity index (χ3v) is 5.41. The van der Waals surface area contributed by atoms with Gasteiger partial charge in [0, 0.05) is 33.2 Å². The van der Waals surface area contributed by atoms with Crippen molar-refractivity contribution in [3.63, 3.8) is 0 Å². The third-order valence-electron chi connectivity index (χ3n) is 3.86. The molecule has 1 aliphatic rings. The average molecular weight is 314 g/mol. The van der Waals surface area contributed by atoms with E-state index < -0.39 is 15.6 Å². The van der Waals surface area contributed by atoms with Gasteiger partial charge in [-0.3, -0.25) is 0 Å². The van der Waals surface area contributed by atoms with Crippen molar-refractivity contribution < 1.29 is 17.9 Å². The van der Waals surface area contributed by atoms with Gasteiger partial charge >= 0.3 is 0 Å². The number of sulfonamides is 1. The quantitative estimate of drug-likeness (QED) is 0.799. The molecule has 0 amide bonds. The fraction of sp³-hybridized carbons (Fsp3) is 0.571. The predicted molar refractivity (Wildman–Crippen MR) is 79.4 cm³/mol. The number of nitrogens with one attached hydrogen (secondary N) is 1. The van der Waals surface area contributed by atoms with E-state index in [0.29, 0.717) is 31.7 Å². The molecule has 0 aliphatic carbocycles. The van der Waals surface area contributed by atoms with E-state index in [1.54, 1.807) is 26.2 Å². The first-order chi connectivity index (χ1) is 9.92. The summed E-state index contributed by atoms with van der Waals surface area (Å²) in [5.74, 6) is 0. The minimum atomic E-state index is -3.60. The summed E-state index contributed by atoms with van der Waals surface area (Å²) in [5, 5.41) is 0. The van der Waals surface area contributed by atoms with Crippen LogP contribution in [-0.2, 0) is 26.0 Å². The first kappa shape index (κ1) is 16.4. The summed E-state index contributed by atoms with van der Waals surface area (Å²) in [6.45, 7) is 3.24. The Balaban J connectivity index is 2.18. The Kier molecular flexibility index (Phi) is 5.00. The van der Waals surface area contributed by atoms with Crippen molar-refractivity contribution in [2.75, 3.05) is 26.9 Å². The van der Waals surface area contributed by atoms with Gasteiger partial charge < -0.3 is 15.2 Å². The molecule has 0 radical (unpaired) electrons. The highest BCUT2D eigenvalue weighted by molar-refractivity contribution is 7.89. The largest absolute Gasteiger partial charge is 0.378 e. The molecule has 1 aromatic carbocycles. The lowest BCUT2D eigenvalue weighted by molar-refractivity contribution is -0.0120. The molecule has 1 atom stereocenters. The van der Waals surface area contributed by atoms with Gasteiger partial charge in [0.25, 0.3) is 0 Å². The zero-order valence-electron chi connectivity index (χ0n) is 12.4. The number of ether oxygens (including phenoxy) is 2. The predicted octanol–water partition coefficient (Wildman–Crippen LogP) is 0.538. The molecular weight excluding hydrogens is 292 g/mol. The van der Waals surface area contributed by atoms with E-state index in [0.717, 1.165) is 5.56 Å². The van der Waals surface area contributed by atoms with Crippen LogP contribution in [0.1, 0.15) is 17.5 Å². The van der Waals surface area contributed by atoms with Gasteiger partial charge in [0.15, 0.2) is 0 Å². The second kappa shape index (κ2) is 6.41. The van der Waals surface area contributed by atoms with E-state index in [1.807, 2.05) is 6.07 Å². The number of nitrogens with two attached hydrogens (primary N) is 1. The molecule has 1 saturated heterocycles. The second-order valence-corrected chi connectivity index (χ2v) is 7.05. The minimum Gasteiger partial charge on any atom is -0.378 e. The maximum absolute atomic E-state index is 12.5. The maximum Gasteiger partial charge on any atom is 0.240 e. The molecule has 0 bridgehead atoms. The van der Waals surface area contributed by atoms with Crippen molar-refractivity contribution in [3.05, 3.63) is 29.3 Å². The molecule has 0 spiro atoms. The monoisotopic (exact) mass is 314 g/mol. The standard InChI is InChI=1S/C14H22N2O4S/c1-11-3-4-12(8-15)7-13(11)21(17,18)16-9-14(19-2)5-6-20-10-14/h3-4,7,16H,5-6,8-10,15H2,1-2H3. The van der Waals surface area contributed by atoms with Gasteiger partial charge in [0.05, 0.1) is 11.5 Å². The highest BCUT2D eigenvalue weighted by Crippen LogP contribution is 2.23. The number of methoxy groups -OCH3 is 1. The SMILES string of the molecule is COC1(CNS(=O)(=O)c2cc(CN)ccc2C)CCOC1. The van der Waals surface area contributed by atoms with Crippen LogP contribution < -0.4 is 10.5 Å². The lowest BCUT2D eigenvalue weighted by atomic mass is 10.0. The fourth-order valence-electron chi connectivity index (χ4n) is 2.33. The number of rotatable bonds is 6. The summed E-state index contributed by atoms with van der Waals surface area (Å²) in [6, 6.07) is 5.21. The van der Waals surface area contributed by atoms with Crippen molar-refractivity contribution in [1.29, 1.82) is 0 Å². The summed E-state index contributed by atoms with van der Waals surface area (Å²) < 4.78 is 38.3. The van der Waals surface area contributed by atoms with Gasteiger partial charge in [0.2, 0.25) is 10.0 Å². The summed E-state index contributed by atoms with van der Waals surface area (Å²) in [6.07, 6.45) is 0.674. The Morgan fingerprint density at radius 2 is 2.24 bits per heavy atom. The highest BCUT2D eigenvalue weighted by Gasteiger charge is 2.36. The van der Waals surface area contributed by atoms with Crippen molar-refractivity contribution in [1.82, 2.24) is 4.72 Å². The molecule has 0 saturated carbocycles. The Hall–Kier alpha value is -0.990. The van der Waals surface area contributed by atoms with Crippen LogP contribution in [0.3, 0.4) is 0 Å². The van der Waals surface area contributed by atoms with Gasteiger partial charge in [0.1, 0.15) is 5.60 Å². The summed E-state index contributed by atoms with van der Waals surface area (Å²) in [7, 11) is -2.03. The minimum absolute atomic E-state index is 0.193. The number of hydrogen-bond acceptors (Lipinski definition) is 5. The third kappa shape index (κ3) is 3.61. The molecule has 7 heteroatoms.